The quantitative estimate of drug-likeness (QED) is 0.721. The Balaban J connectivity index is 2.14. The third kappa shape index (κ3) is 4.23. The Bertz CT molecular complexity index is 433. The minimum Gasteiger partial charge on any atom is -0.426 e. The maximum absolute atomic E-state index is 6.08. The van der Waals surface area contributed by atoms with E-state index < -0.39 is 0 Å². The number of hydrogen-bond acceptors (Lipinski definition) is 2. The molecule has 19 heavy (non-hydrogen) atoms. The second-order valence-corrected chi connectivity index (χ2v) is 4.88. The second kappa shape index (κ2) is 7.12. The van der Waals surface area contributed by atoms with Gasteiger partial charge in [0.05, 0.1) is 0 Å². The third-order valence-corrected chi connectivity index (χ3v) is 3.03. The molecule has 0 amide bonds. The lowest BCUT2D eigenvalue weighted by Crippen LogP contribution is -2.45. The number of hydrogen-bond donors (Lipinski definition) is 0. The van der Waals surface area contributed by atoms with Crippen LogP contribution in [0.25, 0.3) is 0 Å². The van der Waals surface area contributed by atoms with Gasteiger partial charge in [-0.3, -0.25) is 0 Å². The zero-order chi connectivity index (χ0) is 13.5. The summed E-state index contributed by atoms with van der Waals surface area (Å²) >= 11 is 0. The standard InChI is InChI=1S/C16H20BNO/c1-18(2)13-14-19-17(15-9-5-3-6-10-15)16-11-7-4-8-12-16/h3-12H,13-14H2,1-2H3. The molecule has 0 unspecified atom stereocenters. The Kier molecular flexibility index (Phi) is 5.19. The predicted octanol–water partition coefficient (Wildman–Crippen LogP) is 1.37. The predicted molar refractivity (Wildman–Crippen MR) is 82.4 cm³/mol. The van der Waals surface area contributed by atoms with Crippen molar-refractivity contribution in [3.05, 3.63) is 60.7 Å². The molecule has 0 saturated heterocycles. The van der Waals surface area contributed by atoms with Gasteiger partial charge in [0.15, 0.2) is 0 Å². The summed E-state index contributed by atoms with van der Waals surface area (Å²) in [5.41, 5.74) is 2.40. The van der Waals surface area contributed by atoms with Gasteiger partial charge < -0.3 is 9.55 Å². The van der Waals surface area contributed by atoms with Gasteiger partial charge in [0.25, 0.3) is 0 Å². The first-order valence-electron chi connectivity index (χ1n) is 6.63. The van der Waals surface area contributed by atoms with Crippen LogP contribution in [-0.4, -0.2) is 39.1 Å². The fourth-order valence-electron chi connectivity index (χ4n) is 1.99. The van der Waals surface area contributed by atoms with E-state index in [0.717, 1.165) is 13.2 Å². The molecule has 0 spiro atoms. The second-order valence-electron chi connectivity index (χ2n) is 4.88. The average molecular weight is 253 g/mol. The molecule has 98 valence electrons. The molecule has 0 radical (unpaired) electrons. The summed E-state index contributed by atoms with van der Waals surface area (Å²) in [4.78, 5) is 2.13. The Hall–Kier alpha value is -1.58. The fraction of sp³-hybridized carbons (Fsp3) is 0.250. The molecular formula is C16H20BNO. The summed E-state index contributed by atoms with van der Waals surface area (Å²) in [6.07, 6.45) is 0. The molecule has 0 saturated carbocycles. The molecule has 0 atom stereocenters. The fourth-order valence-corrected chi connectivity index (χ4v) is 1.99. The number of rotatable bonds is 6. The van der Waals surface area contributed by atoms with E-state index in [2.05, 4.69) is 67.5 Å². The van der Waals surface area contributed by atoms with Crippen LogP contribution in [0.3, 0.4) is 0 Å². The van der Waals surface area contributed by atoms with Gasteiger partial charge in [0.1, 0.15) is 0 Å². The number of likely N-dealkylation sites (N-methyl/N-ethyl adjacent to an activating group) is 1. The van der Waals surface area contributed by atoms with Crippen molar-refractivity contribution in [3.63, 3.8) is 0 Å². The molecule has 2 aromatic carbocycles. The van der Waals surface area contributed by atoms with Crippen molar-refractivity contribution < 1.29 is 4.65 Å². The lowest BCUT2D eigenvalue weighted by Gasteiger charge is -2.17. The van der Waals surface area contributed by atoms with E-state index in [4.69, 9.17) is 4.65 Å². The van der Waals surface area contributed by atoms with Gasteiger partial charge in [-0.05, 0) is 25.0 Å². The summed E-state index contributed by atoms with van der Waals surface area (Å²) < 4.78 is 6.08. The molecule has 0 bridgehead atoms. The Morgan fingerprint density at radius 1 is 0.842 bits per heavy atom. The zero-order valence-corrected chi connectivity index (χ0v) is 11.6. The van der Waals surface area contributed by atoms with Crippen LogP contribution in [0.15, 0.2) is 60.7 Å². The van der Waals surface area contributed by atoms with Crippen molar-refractivity contribution >= 4 is 17.8 Å². The molecule has 0 aliphatic rings. The van der Waals surface area contributed by atoms with Crippen molar-refractivity contribution in [2.45, 2.75) is 0 Å². The first-order chi connectivity index (χ1) is 9.27. The molecule has 2 rings (SSSR count). The van der Waals surface area contributed by atoms with Crippen molar-refractivity contribution in [2.24, 2.45) is 0 Å². The van der Waals surface area contributed by atoms with Crippen LogP contribution in [0.4, 0.5) is 0 Å². The minimum absolute atomic E-state index is 0.0161. The highest BCUT2D eigenvalue weighted by atomic mass is 16.4. The maximum Gasteiger partial charge on any atom is 0.361 e. The van der Waals surface area contributed by atoms with Crippen LogP contribution in [0.2, 0.25) is 0 Å². The maximum atomic E-state index is 6.08. The molecule has 2 aromatic rings. The van der Waals surface area contributed by atoms with E-state index >= 15 is 0 Å². The van der Waals surface area contributed by atoms with E-state index in [1.807, 2.05) is 12.1 Å². The lowest BCUT2D eigenvalue weighted by atomic mass is 9.55. The lowest BCUT2D eigenvalue weighted by molar-refractivity contribution is 0.269. The zero-order valence-electron chi connectivity index (χ0n) is 11.6. The van der Waals surface area contributed by atoms with Crippen LogP contribution in [0.1, 0.15) is 0 Å². The van der Waals surface area contributed by atoms with E-state index in [1.54, 1.807) is 0 Å². The SMILES string of the molecule is CN(C)CCOB(c1ccccc1)c1ccccc1. The molecule has 3 heteroatoms. The molecule has 0 fully saturated rings. The summed E-state index contributed by atoms with van der Waals surface area (Å²) in [5.74, 6) is 0. The van der Waals surface area contributed by atoms with Crippen LogP contribution in [0.5, 0.6) is 0 Å². The Labute approximate surface area is 116 Å². The summed E-state index contributed by atoms with van der Waals surface area (Å²) in [6, 6.07) is 20.8. The topological polar surface area (TPSA) is 12.5 Å². The van der Waals surface area contributed by atoms with Crippen LogP contribution in [0, 0.1) is 0 Å². The van der Waals surface area contributed by atoms with Gasteiger partial charge in [-0.2, -0.15) is 0 Å². The van der Waals surface area contributed by atoms with Crippen molar-refractivity contribution in [2.75, 3.05) is 27.2 Å². The molecule has 0 heterocycles. The third-order valence-electron chi connectivity index (χ3n) is 3.03. The first kappa shape index (κ1) is 13.8. The number of nitrogens with zero attached hydrogens (tertiary/aromatic N) is 1. The van der Waals surface area contributed by atoms with Crippen molar-refractivity contribution in [1.82, 2.24) is 4.90 Å². The molecule has 0 aliphatic heterocycles. The summed E-state index contributed by atoms with van der Waals surface area (Å²) in [7, 11) is 4.12. The van der Waals surface area contributed by atoms with Crippen molar-refractivity contribution in [1.29, 1.82) is 0 Å². The van der Waals surface area contributed by atoms with Crippen LogP contribution < -0.4 is 10.9 Å². The molecule has 2 nitrogen and oxygen atoms in total. The largest absolute Gasteiger partial charge is 0.426 e. The normalized spacial score (nSPS) is 10.7. The average Bonchev–Trinajstić information content (AvgIpc) is 2.45. The van der Waals surface area contributed by atoms with Gasteiger partial charge in [0, 0.05) is 13.2 Å². The number of benzene rings is 2. The minimum atomic E-state index is 0.0161. The highest BCUT2D eigenvalue weighted by Gasteiger charge is 2.20. The van der Waals surface area contributed by atoms with Gasteiger partial charge in [-0.1, -0.05) is 60.7 Å². The van der Waals surface area contributed by atoms with Crippen LogP contribution >= 0.6 is 0 Å². The van der Waals surface area contributed by atoms with Gasteiger partial charge in [-0.15, -0.1) is 0 Å². The van der Waals surface area contributed by atoms with Gasteiger partial charge in [-0.25, -0.2) is 0 Å². The smallest absolute Gasteiger partial charge is 0.361 e. The highest BCUT2D eigenvalue weighted by molar-refractivity contribution is 6.80. The summed E-state index contributed by atoms with van der Waals surface area (Å²) in [6.45, 7) is 1.67. The highest BCUT2D eigenvalue weighted by Crippen LogP contribution is 1.95. The van der Waals surface area contributed by atoms with E-state index in [-0.39, 0.29) is 6.92 Å². The van der Waals surface area contributed by atoms with E-state index in [9.17, 15) is 0 Å². The van der Waals surface area contributed by atoms with Crippen molar-refractivity contribution in [3.8, 4) is 0 Å². The molecule has 0 aliphatic carbocycles. The van der Waals surface area contributed by atoms with E-state index in [0.29, 0.717) is 0 Å². The molecule has 0 N–H and O–H groups in total. The van der Waals surface area contributed by atoms with Crippen LogP contribution in [-0.2, 0) is 4.65 Å². The van der Waals surface area contributed by atoms with Gasteiger partial charge in [0.2, 0.25) is 0 Å². The van der Waals surface area contributed by atoms with E-state index in [1.165, 1.54) is 10.9 Å². The monoisotopic (exact) mass is 253 g/mol. The Morgan fingerprint density at radius 2 is 1.32 bits per heavy atom. The Morgan fingerprint density at radius 3 is 1.74 bits per heavy atom. The first-order valence-corrected chi connectivity index (χ1v) is 6.63. The molecule has 0 aromatic heterocycles. The van der Waals surface area contributed by atoms with Gasteiger partial charge >= 0.3 is 6.92 Å². The summed E-state index contributed by atoms with van der Waals surface area (Å²) in [5, 5.41) is 0. The molecular weight excluding hydrogens is 233 g/mol.